The second-order valence-corrected chi connectivity index (χ2v) is 6.11. The summed E-state index contributed by atoms with van der Waals surface area (Å²) in [6.07, 6.45) is -0.138. The summed E-state index contributed by atoms with van der Waals surface area (Å²) in [7, 11) is 0. The van der Waals surface area contributed by atoms with Crippen LogP contribution in [0.25, 0.3) is 0 Å². The highest BCUT2D eigenvalue weighted by molar-refractivity contribution is 5.20. The SMILES string of the molecule is C[C@H]([C@H]1O[C@H]1CO)[C@H]1OC(C)(C)O[C@@H]1c1ccccc1. The molecule has 1 aromatic carbocycles. The van der Waals surface area contributed by atoms with Gasteiger partial charge in [0.1, 0.15) is 12.2 Å². The van der Waals surface area contributed by atoms with Gasteiger partial charge in [-0.25, -0.2) is 0 Å². The quantitative estimate of drug-likeness (QED) is 0.858. The molecule has 2 aliphatic heterocycles. The maximum Gasteiger partial charge on any atom is 0.164 e. The first kappa shape index (κ1) is 14.0. The monoisotopic (exact) mass is 278 g/mol. The number of aliphatic hydroxyl groups is 1. The van der Waals surface area contributed by atoms with E-state index in [4.69, 9.17) is 19.3 Å². The molecular weight excluding hydrogens is 256 g/mol. The molecule has 0 aromatic heterocycles. The Hall–Kier alpha value is -0.940. The van der Waals surface area contributed by atoms with Crippen molar-refractivity contribution in [2.45, 2.75) is 51.0 Å². The molecule has 0 bridgehead atoms. The lowest BCUT2D eigenvalue weighted by Gasteiger charge is -2.22. The molecule has 0 aliphatic carbocycles. The number of benzene rings is 1. The standard InChI is InChI=1S/C16H22O4/c1-10(13-12(9-17)18-13)14-15(20-16(2,3)19-14)11-7-5-4-6-8-11/h4-8,10,12-15,17H,9H2,1-3H3/t10-,12+,13-,14-,15-/m1/s1. The third-order valence-electron chi connectivity index (χ3n) is 4.10. The van der Waals surface area contributed by atoms with Crippen LogP contribution in [-0.2, 0) is 14.2 Å². The Balaban J connectivity index is 1.80. The van der Waals surface area contributed by atoms with E-state index in [2.05, 4.69) is 19.1 Å². The van der Waals surface area contributed by atoms with E-state index in [0.29, 0.717) is 0 Å². The number of hydrogen-bond acceptors (Lipinski definition) is 4. The molecule has 3 rings (SSSR count). The van der Waals surface area contributed by atoms with Crippen LogP contribution in [0.3, 0.4) is 0 Å². The van der Waals surface area contributed by atoms with E-state index >= 15 is 0 Å². The number of epoxide rings is 1. The first-order valence-electron chi connectivity index (χ1n) is 7.19. The molecule has 20 heavy (non-hydrogen) atoms. The summed E-state index contributed by atoms with van der Waals surface area (Å²) in [6, 6.07) is 10.1. The number of hydrogen-bond donors (Lipinski definition) is 1. The van der Waals surface area contributed by atoms with Gasteiger partial charge in [0.05, 0.1) is 18.8 Å². The van der Waals surface area contributed by atoms with Crippen LogP contribution in [0, 0.1) is 5.92 Å². The van der Waals surface area contributed by atoms with E-state index < -0.39 is 5.79 Å². The minimum Gasteiger partial charge on any atom is -0.394 e. The smallest absolute Gasteiger partial charge is 0.164 e. The van der Waals surface area contributed by atoms with Gasteiger partial charge in [-0.1, -0.05) is 37.3 Å². The van der Waals surface area contributed by atoms with E-state index in [0.717, 1.165) is 5.56 Å². The molecule has 0 spiro atoms. The van der Waals surface area contributed by atoms with Crippen molar-refractivity contribution in [3.8, 4) is 0 Å². The second-order valence-electron chi connectivity index (χ2n) is 6.11. The molecule has 110 valence electrons. The van der Waals surface area contributed by atoms with Crippen LogP contribution in [0.2, 0.25) is 0 Å². The molecule has 1 N–H and O–H groups in total. The van der Waals surface area contributed by atoms with Gasteiger partial charge in [0, 0.05) is 5.92 Å². The van der Waals surface area contributed by atoms with Crippen LogP contribution in [0.1, 0.15) is 32.4 Å². The molecule has 0 unspecified atom stereocenters. The van der Waals surface area contributed by atoms with Crippen molar-refractivity contribution in [3.63, 3.8) is 0 Å². The van der Waals surface area contributed by atoms with Crippen LogP contribution in [-0.4, -0.2) is 35.8 Å². The minimum absolute atomic E-state index is 0.0475. The highest BCUT2D eigenvalue weighted by atomic mass is 16.8. The fourth-order valence-corrected chi connectivity index (χ4v) is 3.03. The van der Waals surface area contributed by atoms with E-state index in [-0.39, 0.29) is 36.9 Å². The molecule has 2 heterocycles. The van der Waals surface area contributed by atoms with Gasteiger partial charge in [-0.15, -0.1) is 0 Å². The maximum atomic E-state index is 9.16. The van der Waals surface area contributed by atoms with Crippen LogP contribution in [0.4, 0.5) is 0 Å². The largest absolute Gasteiger partial charge is 0.394 e. The Labute approximate surface area is 119 Å². The summed E-state index contributed by atoms with van der Waals surface area (Å²) in [5.74, 6) is -0.414. The summed E-state index contributed by atoms with van der Waals surface area (Å²) in [6.45, 7) is 6.05. The van der Waals surface area contributed by atoms with E-state index in [1.807, 2.05) is 32.0 Å². The van der Waals surface area contributed by atoms with E-state index in [1.54, 1.807) is 0 Å². The summed E-state index contributed by atoms with van der Waals surface area (Å²) in [4.78, 5) is 0. The number of rotatable bonds is 4. The Morgan fingerprint density at radius 1 is 1.15 bits per heavy atom. The third kappa shape index (κ3) is 2.61. The Morgan fingerprint density at radius 3 is 2.45 bits per heavy atom. The fraction of sp³-hybridized carbons (Fsp3) is 0.625. The average molecular weight is 278 g/mol. The molecule has 2 fully saturated rings. The Bertz CT molecular complexity index is 459. The fourth-order valence-electron chi connectivity index (χ4n) is 3.03. The van der Waals surface area contributed by atoms with Crippen molar-refractivity contribution in [2.24, 2.45) is 5.92 Å². The lowest BCUT2D eigenvalue weighted by atomic mass is 9.91. The molecule has 0 amide bonds. The van der Waals surface area contributed by atoms with Crippen molar-refractivity contribution in [1.29, 1.82) is 0 Å². The second kappa shape index (κ2) is 5.11. The lowest BCUT2D eigenvalue weighted by Crippen LogP contribution is -2.30. The molecule has 5 atom stereocenters. The van der Waals surface area contributed by atoms with E-state index in [9.17, 15) is 0 Å². The van der Waals surface area contributed by atoms with Gasteiger partial charge in [-0.05, 0) is 19.4 Å². The van der Waals surface area contributed by atoms with Crippen LogP contribution in [0.5, 0.6) is 0 Å². The first-order valence-corrected chi connectivity index (χ1v) is 7.19. The van der Waals surface area contributed by atoms with Gasteiger partial charge in [-0.3, -0.25) is 0 Å². The zero-order valence-electron chi connectivity index (χ0n) is 12.2. The summed E-state index contributed by atoms with van der Waals surface area (Å²) in [5.41, 5.74) is 1.12. The van der Waals surface area contributed by atoms with Crippen molar-refractivity contribution >= 4 is 0 Å². The highest BCUT2D eigenvalue weighted by Crippen LogP contribution is 2.45. The van der Waals surface area contributed by atoms with Gasteiger partial charge in [0.15, 0.2) is 5.79 Å². The van der Waals surface area contributed by atoms with E-state index in [1.165, 1.54) is 0 Å². The zero-order chi connectivity index (χ0) is 14.3. The molecule has 2 aliphatic rings. The summed E-state index contributed by atoms with van der Waals surface area (Å²) < 4.78 is 17.7. The number of ether oxygens (including phenoxy) is 3. The van der Waals surface area contributed by atoms with Crippen LogP contribution >= 0.6 is 0 Å². The molecule has 0 saturated carbocycles. The average Bonchev–Trinajstić information content (AvgIpc) is 3.16. The molecule has 4 heteroatoms. The molecule has 4 nitrogen and oxygen atoms in total. The molecule has 2 saturated heterocycles. The predicted octanol–water partition coefficient (Wildman–Crippen LogP) is 2.28. The van der Waals surface area contributed by atoms with Crippen molar-refractivity contribution in [2.75, 3.05) is 6.61 Å². The van der Waals surface area contributed by atoms with Gasteiger partial charge < -0.3 is 19.3 Å². The third-order valence-corrected chi connectivity index (χ3v) is 4.10. The Kier molecular flexibility index (Phi) is 3.58. The number of aliphatic hydroxyl groups excluding tert-OH is 1. The lowest BCUT2D eigenvalue weighted by molar-refractivity contribution is -0.151. The summed E-state index contributed by atoms with van der Waals surface area (Å²) in [5, 5.41) is 9.16. The predicted molar refractivity (Wildman–Crippen MR) is 74.1 cm³/mol. The first-order chi connectivity index (χ1) is 9.52. The molecule has 0 radical (unpaired) electrons. The maximum absolute atomic E-state index is 9.16. The van der Waals surface area contributed by atoms with Gasteiger partial charge in [0.2, 0.25) is 0 Å². The van der Waals surface area contributed by atoms with Crippen molar-refractivity contribution in [3.05, 3.63) is 35.9 Å². The van der Waals surface area contributed by atoms with Crippen molar-refractivity contribution < 1.29 is 19.3 Å². The van der Waals surface area contributed by atoms with Gasteiger partial charge in [-0.2, -0.15) is 0 Å². The summed E-state index contributed by atoms with van der Waals surface area (Å²) >= 11 is 0. The zero-order valence-corrected chi connectivity index (χ0v) is 12.2. The van der Waals surface area contributed by atoms with Crippen LogP contribution in [0.15, 0.2) is 30.3 Å². The van der Waals surface area contributed by atoms with Gasteiger partial charge in [0.25, 0.3) is 0 Å². The van der Waals surface area contributed by atoms with Crippen molar-refractivity contribution in [1.82, 2.24) is 0 Å². The van der Waals surface area contributed by atoms with Crippen LogP contribution < -0.4 is 0 Å². The topological polar surface area (TPSA) is 51.2 Å². The minimum atomic E-state index is -0.594. The van der Waals surface area contributed by atoms with Gasteiger partial charge >= 0.3 is 0 Å². The highest BCUT2D eigenvalue weighted by Gasteiger charge is 2.52. The molecular formula is C16H22O4. The normalized spacial score (nSPS) is 36.8. The Morgan fingerprint density at radius 2 is 1.85 bits per heavy atom. The molecule has 1 aromatic rings.